The number of hydrogen-bond donors (Lipinski definition) is 1. The molecule has 0 radical (unpaired) electrons. The number of halogens is 3. The highest BCUT2D eigenvalue weighted by Crippen LogP contribution is 2.38. The first kappa shape index (κ1) is 24.8. The lowest BCUT2D eigenvalue weighted by Crippen LogP contribution is -2.41. The number of fused-ring (bicyclic) bond motifs is 1. The fraction of sp³-hybridized carbons (Fsp3) is 0.346. The van der Waals surface area contributed by atoms with E-state index in [0.29, 0.717) is 61.5 Å². The van der Waals surface area contributed by atoms with Gasteiger partial charge in [-0.3, -0.25) is 4.79 Å². The SMILES string of the molecule is C=CC(=O)N1CCC(Oc2cc3c(Nc4ccc(F)c(F)c4F)ncnc3cc2O[C@H]2CCOC2)CC1. The van der Waals surface area contributed by atoms with Gasteiger partial charge in [-0.05, 0) is 24.3 Å². The van der Waals surface area contributed by atoms with Crippen molar-refractivity contribution in [2.24, 2.45) is 0 Å². The number of ether oxygens (including phenoxy) is 3. The van der Waals surface area contributed by atoms with Crippen molar-refractivity contribution in [2.45, 2.75) is 31.5 Å². The summed E-state index contributed by atoms with van der Waals surface area (Å²) in [6.45, 7) is 5.64. The van der Waals surface area contributed by atoms with Crippen LogP contribution in [-0.4, -0.2) is 59.3 Å². The fourth-order valence-corrected chi connectivity index (χ4v) is 4.39. The molecule has 3 heterocycles. The molecule has 0 bridgehead atoms. The normalized spacial score (nSPS) is 18.1. The molecule has 2 fully saturated rings. The molecule has 194 valence electrons. The van der Waals surface area contributed by atoms with Crippen LogP contribution in [0.3, 0.4) is 0 Å². The van der Waals surface area contributed by atoms with E-state index in [0.717, 1.165) is 18.6 Å². The Balaban J connectivity index is 1.46. The first-order chi connectivity index (χ1) is 17.9. The molecule has 0 aliphatic carbocycles. The Hall–Kier alpha value is -3.86. The van der Waals surface area contributed by atoms with Crippen molar-refractivity contribution in [3.05, 3.63) is 60.7 Å². The summed E-state index contributed by atoms with van der Waals surface area (Å²) in [6.07, 6.45) is 4.19. The van der Waals surface area contributed by atoms with Crippen molar-refractivity contribution in [1.82, 2.24) is 14.9 Å². The number of likely N-dealkylation sites (tertiary alicyclic amines) is 1. The van der Waals surface area contributed by atoms with Crippen LogP contribution >= 0.6 is 0 Å². The van der Waals surface area contributed by atoms with Crippen molar-refractivity contribution >= 4 is 28.3 Å². The van der Waals surface area contributed by atoms with Crippen LogP contribution in [0.1, 0.15) is 19.3 Å². The minimum atomic E-state index is -1.58. The van der Waals surface area contributed by atoms with Crippen LogP contribution in [0.5, 0.6) is 11.5 Å². The monoisotopic (exact) mass is 514 g/mol. The number of amides is 1. The van der Waals surface area contributed by atoms with E-state index in [1.807, 2.05) is 0 Å². The van der Waals surface area contributed by atoms with Crippen LogP contribution < -0.4 is 14.8 Å². The molecule has 1 atom stereocenters. The van der Waals surface area contributed by atoms with Gasteiger partial charge in [0.25, 0.3) is 0 Å². The van der Waals surface area contributed by atoms with Crippen LogP contribution in [0, 0.1) is 17.5 Å². The lowest BCUT2D eigenvalue weighted by atomic mass is 10.1. The van der Waals surface area contributed by atoms with E-state index in [2.05, 4.69) is 21.9 Å². The minimum Gasteiger partial charge on any atom is -0.486 e. The number of nitrogens with zero attached hydrogens (tertiary/aromatic N) is 3. The van der Waals surface area contributed by atoms with E-state index >= 15 is 0 Å². The van der Waals surface area contributed by atoms with E-state index in [1.54, 1.807) is 17.0 Å². The number of carbonyl (C=O) groups excluding carboxylic acids is 1. The quantitative estimate of drug-likeness (QED) is 0.367. The van der Waals surface area contributed by atoms with E-state index in [-0.39, 0.29) is 29.6 Å². The van der Waals surface area contributed by atoms with Gasteiger partial charge >= 0.3 is 0 Å². The van der Waals surface area contributed by atoms with Gasteiger partial charge in [0, 0.05) is 43.8 Å². The van der Waals surface area contributed by atoms with E-state index in [1.165, 1.54) is 12.4 Å². The second-order valence-corrected chi connectivity index (χ2v) is 8.84. The number of rotatable bonds is 7. The first-order valence-electron chi connectivity index (χ1n) is 11.9. The lowest BCUT2D eigenvalue weighted by Gasteiger charge is -2.32. The number of nitrogens with one attached hydrogen (secondary N) is 1. The van der Waals surface area contributed by atoms with Gasteiger partial charge in [0.1, 0.15) is 24.4 Å². The zero-order chi connectivity index (χ0) is 25.9. The highest BCUT2D eigenvalue weighted by molar-refractivity contribution is 5.93. The van der Waals surface area contributed by atoms with Gasteiger partial charge < -0.3 is 24.4 Å². The van der Waals surface area contributed by atoms with Crippen molar-refractivity contribution < 1.29 is 32.2 Å². The number of aromatic nitrogens is 2. The molecule has 1 aromatic heterocycles. The van der Waals surface area contributed by atoms with Crippen LogP contribution in [0.15, 0.2) is 43.2 Å². The molecular weight excluding hydrogens is 489 g/mol. The molecule has 0 unspecified atom stereocenters. The van der Waals surface area contributed by atoms with Crippen molar-refractivity contribution in [3.8, 4) is 11.5 Å². The molecule has 0 spiro atoms. The summed E-state index contributed by atoms with van der Waals surface area (Å²) in [5.41, 5.74) is 0.206. The maximum atomic E-state index is 14.3. The summed E-state index contributed by atoms with van der Waals surface area (Å²) in [4.78, 5) is 22.1. The minimum absolute atomic E-state index is 0.119. The van der Waals surface area contributed by atoms with Gasteiger partial charge in [-0.2, -0.15) is 0 Å². The van der Waals surface area contributed by atoms with Gasteiger partial charge in [-0.1, -0.05) is 6.58 Å². The first-order valence-corrected chi connectivity index (χ1v) is 11.9. The third-order valence-electron chi connectivity index (χ3n) is 6.39. The summed E-state index contributed by atoms with van der Waals surface area (Å²) in [7, 11) is 0. The molecular formula is C26H25F3N4O4. The van der Waals surface area contributed by atoms with Crippen molar-refractivity contribution in [1.29, 1.82) is 0 Å². The van der Waals surface area contributed by atoms with Gasteiger partial charge in [0.05, 0.1) is 24.4 Å². The molecule has 2 saturated heterocycles. The predicted molar refractivity (Wildman–Crippen MR) is 129 cm³/mol. The summed E-state index contributed by atoms with van der Waals surface area (Å²) in [5, 5.41) is 3.20. The van der Waals surface area contributed by atoms with E-state index in [9.17, 15) is 18.0 Å². The molecule has 37 heavy (non-hydrogen) atoms. The molecule has 2 aliphatic heterocycles. The fourth-order valence-electron chi connectivity index (χ4n) is 4.39. The van der Waals surface area contributed by atoms with Crippen molar-refractivity contribution in [2.75, 3.05) is 31.6 Å². The summed E-state index contributed by atoms with van der Waals surface area (Å²) in [6, 6.07) is 5.31. The average Bonchev–Trinajstić information content (AvgIpc) is 3.43. The molecule has 1 amide bonds. The maximum Gasteiger partial charge on any atom is 0.245 e. The largest absolute Gasteiger partial charge is 0.486 e. The molecule has 11 heteroatoms. The van der Waals surface area contributed by atoms with Gasteiger partial charge in [0.2, 0.25) is 5.91 Å². The van der Waals surface area contributed by atoms with Crippen LogP contribution in [0.2, 0.25) is 0 Å². The molecule has 3 aromatic rings. The van der Waals surface area contributed by atoms with Gasteiger partial charge in [0.15, 0.2) is 29.0 Å². The summed E-state index contributed by atoms with van der Waals surface area (Å²) < 4.78 is 59.4. The Labute approximate surface area is 211 Å². The molecule has 2 aliphatic rings. The standard InChI is InChI=1S/C26H25F3N4O4/c1-2-23(34)33-8-5-15(6-9-33)36-21-11-17-20(12-22(21)37-16-7-10-35-13-16)30-14-31-26(17)32-19-4-3-18(27)24(28)25(19)29/h2-4,11-12,14-16H,1,5-10,13H2,(H,30,31,32)/t16-/m0/s1. The second-order valence-electron chi connectivity index (χ2n) is 8.84. The maximum absolute atomic E-state index is 14.3. The summed E-state index contributed by atoms with van der Waals surface area (Å²) in [5.74, 6) is -3.26. The Morgan fingerprint density at radius 1 is 1.05 bits per heavy atom. The Morgan fingerprint density at radius 2 is 1.81 bits per heavy atom. The third-order valence-corrected chi connectivity index (χ3v) is 6.39. The average molecular weight is 515 g/mol. The van der Waals surface area contributed by atoms with E-state index in [4.69, 9.17) is 14.2 Å². The highest BCUT2D eigenvalue weighted by Gasteiger charge is 2.26. The predicted octanol–water partition coefficient (Wildman–Crippen LogP) is 4.51. The van der Waals surface area contributed by atoms with Crippen LogP contribution in [0.25, 0.3) is 10.9 Å². The molecule has 0 saturated carbocycles. The molecule has 2 aromatic carbocycles. The Kier molecular flexibility index (Phi) is 7.13. The zero-order valence-electron chi connectivity index (χ0n) is 19.9. The molecule has 8 nitrogen and oxygen atoms in total. The van der Waals surface area contributed by atoms with Gasteiger partial charge in [-0.25, -0.2) is 23.1 Å². The molecule has 1 N–H and O–H groups in total. The smallest absolute Gasteiger partial charge is 0.245 e. The Morgan fingerprint density at radius 3 is 2.54 bits per heavy atom. The lowest BCUT2D eigenvalue weighted by molar-refractivity contribution is -0.127. The zero-order valence-corrected chi connectivity index (χ0v) is 19.9. The van der Waals surface area contributed by atoms with Crippen LogP contribution in [0.4, 0.5) is 24.7 Å². The summed E-state index contributed by atoms with van der Waals surface area (Å²) >= 11 is 0. The number of anilines is 2. The van der Waals surface area contributed by atoms with Crippen LogP contribution in [-0.2, 0) is 9.53 Å². The van der Waals surface area contributed by atoms with Crippen molar-refractivity contribution in [3.63, 3.8) is 0 Å². The number of hydrogen-bond acceptors (Lipinski definition) is 7. The Bertz CT molecular complexity index is 1320. The topological polar surface area (TPSA) is 85.8 Å². The second kappa shape index (κ2) is 10.6. The number of benzene rings is 2. The van der Waals surface area contributed by atoms with Gasteiger partial charge in [-0.15, -0.1) is 0 Å². The highest BCUT2D eigenvalue weighted by atomic mass is 19.2. The molecule has 5 rings (SSSR count). The number of carbonyl (C=O) groups is 1. The third kappa shape index (κ3) is 5.31. The number of piperidine rings is 1. The van der Waals surface area contributed by atoms with E-state index < -0.39 is 17.5 Å².